The molecule has 2 aliphatic rings. The number of imidazole rings is 1. The molecule has 11 heteroatoms. The molecule has 2 heterocycles. The molecule has 3 N–H and O–H groups in total. The minimum atomic E-state index is -0.789. The largest absolute Gasteiger partial charge is 0.492 e. The summed E-state index contributed by atoms with van der Waals surface area (Å²) in [6, 6.07) is 5.74. The average Bonchev–Trinajstić information content (AvgIpc) is 3.45. The van der Waals surface area contributed by atoms with Crippen LogP contribution in [0.4, 0.5) is 20.5 Å². The maximum absolute atomic E-state index is 15.1. The summed E-state index contributed by atoms with van der Waals surface area (Å²) in [5, 5.41) is 19.8. The molecule has 1 aromatic carbocycles. The third-order valence-corrected chi connectivity index (χ3v) is 5.89. The van der Waals surface area contributed by atoms with Crippen LogP contribution in [0.25, 0.3) is 17.5 Å². The Hall–Kier alpha value is -3.76. The third kappa shape index (κ3) is 4.43. The standard InChI is InChI=1S/C22H21F2N5O4/c23-12-3-5-13(6-4-12)25-22-29-28-20(33-22)19-26-15-9-10-16(17(24)18(15)27-19)32-14-7-1-11(2-8-14)21(30)31/h3-6,11,14H,1-2,7-10H2,(H,25,29)(H,26,27)(H,30,31)/t11-,14-. The summed E-state index contributed by atoms with van der Waals surface area (Å²) in [5.41, 5.74) is 1.32. The van der Waals surface area contributed by atoms with E-state index in [2.05, 4.69) is 25.5 Å². The number of benzene rings is 1. The zero-order chi connectivity index (χ0) is 22.9. The number of allylic oxidation sites excluding steroid dienone is 1. The van der Waals surface area contributed by atoms with Gasteiger partial charge in [-0.05, 0) is 56.4 Å². The fourth-order valence-electron chi connectivity index (χ4n) is 4.12. The Kier molecular flexibility index (Phi) is 5.53. The number of nitrogens with one attached hydrogen (secondary N) is 2. The first kappa shape index (κ1) is 21.1. The van der Waals surface area contributed by atoms with Crippen LogP contribution in [0.3, 0.4) is 0 Å². The highest BCUT2D eigenvalue weighted by Gasteiger charge is 2.31. The van der Waals surface area contributed by atoms with Crippen LogP contribution in [0.2, 0.25) is 0 Å². The topological polar surface area (TPSA) is 126 Å². The van der Waals surface area contributed by atoms with E-state index in [0.29, 0.717) is 49.9 Å². The molecule has 2 aliphatic carbocycles. The van der Waals surface area contributed by atoms with Crippen LogP contribution in [-0.2, 0) is 16.0 Å². The summed E-state index contributed by atoms with van der Waals surface area (Å²) in [6.45, 7) is 0. The Labute approximate surface area is 186 Å². The molecule has 0 bridgehead atoms. The van der Waals surface area contributed by atoms with E-state index < -0.39 is 11.8 Å². The number of carbonyl (C=O) groups is 1. The van der Waals surface area contributed by atoms with Gasteiger partial charge in [0.15, 0.2) is 11.7 Å². The summed E-state index contributed by atoms with van der Waals surface area (Å²) >= 11 is 0. The van der Waals surface area contributed by atoms with Crippen LogP contribution in [0.5, 0.6) is 0 Å². The van der Waals surface area contributed by atoms with Crippen molar-refractivity contribution in [1.29, 1.82) is 0 Å². The van der Waals surface area contributed by atoms with Gasteiger partial charge in [0.25, 0.3) is 5.89 Å². The van der Waals surface area contributed by atoms with Crippen LogP contribution in [0.1, 0.15) is 43.5 Å². The normalized spacial score (nSPS) is 20.4. The van der Waals surface area contributed by atoms with Crippen LogP contribution >= 0.6 is 0 Å². The number of hydrogen-bond donors (Lipinski definition) is 3. The first-order valence-electron chi connectivity index (χ1n) is 10.7. The van der Waals surface area contributed by atoms with Crippen molar-refractivity contribution in [1.82, 2.24) is 20.2 Å². The second kappa shape index (κ2) is 8.64. The van der Waals surface area contributed by atoms with Crippen molar-refractivity contribution in [2.45, 2.75) is 44.6 Å². The molecule has 0 atom stereocenters. The lowest BCUT2D eigenvalue weighted by molar-refractivity contribution is -0.143. The molecule has 0 saturated heterocycles. The van der Waals surface area contributed by atoms with Gasteiger partial charge in [0.1, 0.15) is 17.3 Å². The molecule has 1 fully saturated rings. The fourth-order valence-corrected chi connectivity index (χ4v) is 4.12. The highest BCUT2D eigenvalue weighted by molar-refractivity contribution is 5.70. The molecule has 1 saturated carbocycles. The van der Waals surface area contributed by atoms with Crippen molar-refractivity contribution in [3.8, 4) is 11.7 Å². The Balaban J connectivity index is 1.28. The number of aromatic nitrogens is 4. The molecule has 0 aliphatic heterocycles. The number of halogens is 2. The molecule has 5 rings (SSSR count). The number of carboxylic acids is 1. The van der Waals surface area contributed by atoms with Crippen molar-refractivity contribution < 1.29 is 27.8 Å². The number of aliphatic carboxylic acids is 1. The van der Waals surface area contributed by atoms with Crippen LogP contribution in [-0.4, -0.2) is 37.3 Å². The molecular weight excluding hydrogens is 436 g/mol. The van der Waals surface area contributed by atoms with Gasteiger partial charge in [-0.2, -0.15) is 0 Å². The van der Waals surface area contributed by atoms with Crippen molar-refractivity contribution in [3.05, 3.63) is 47.2 Å². The summed E-state index contributed by atoms with van der Waals surface area (Å²) in [6.07, 6.45) is 2.87. The van der Waals surface area contributed by atoms with Gasteiger partial charge in [0.05, 0.1) is 17.7 Å². The minimum Gasteiger partial charge on any atom is -0.492 e. The smallest absolute Gasteiger partial charge is 0.320 e. The number of fused-ring (bicyclic) bond motifs is 1. The predicted octanol–water partition coefficient (Wildman–Crippen LogP) is 4.59. The lowest BCUT2D eigenvalue weighted by Gasteiger charge is -2.28. The molecule has 0 unspecified atom stereocenters. The van der Waals surface area contributed by atoms with E-state index in [1.807, 2.05) is 0 Å². The van der Waals surface area contributed by atoms with E-state index in [4.69, 9.17) is 14.3 Å². The highest BCUT2D eigenvalue weighted by atomic mass is 19.1. The molecule has 0 spiro atoms. The molecule has 9 nitrogen and oxygen atoms in total. The summed E-state index contributed by atoms with van der Waals surface area (Å²) < 4.78 is 39.6. The van der Waals surface area contributed by atoms with Gasteiger partial charge in [0, 0.05) is 12.1 Å². The molecule has 0 amide bonds. The molecule has 0 radical (unpaired) electrons. The zero-order valence-electron chi connectivity index (χ0n) is 17.5. The van der Waals surface area contributed by atoms with Crippen LogP contribution in [0, 0.1) is 11.7 Å². The van der Waals surface area contributed by atoms with Gasteiger partial charge in [-0.1, -0.05) is 5.10 Å². The van der Waals surface area contributed by atoms with Gasteiger partial charge in [-0.15, -0.1) is 5.10 Å². The zero-order valence-corrected chi connectivity index (χ0v) is 17.5. The second-order valence-corrected chi connectivity index (χ2v) is 8.12. The van der Waals surface area contributed by atoms with Gasteiger partial charge in [-0.25, -0.2) is 13.8 Å². The monoisotopic (exact) mass is 457 g/mol. The van der Waals surface area contributed by atoms with Gasteiger partial charge < -0.3 is 24.6 Å². The van der Waals surface area contributed by atoms with E-state index in [-0.39, 0.29) is 47.0 Å². The first-order valence-corrected chi connectivity index (χ1v) is 10.7. The summed E-state index contributed by atoms with van der Waals surface area (Å²) in [4.78, 5) is 18.4. The van der Waals surface area contributed by atoms with E-state index in [1.165, 1.54) is 24.3 Å². The van der Waals surface area contributed by atoms with Crippen LogP contribution < -0.4 is 5.32 Å². The number of aromatic amines is 1. The van der Waals surface area contributed by atoms with E-state index in [1.54, 1.807) is 0 Å². The van der Waals surface area contributed by atoms with Gasteiger partial charge in [0.2, 0.25) is 0 Å². The van der Waals surface area contributed by atoms with Crippen molar-refractivity contribution in [2.24, 2.45) is 5.92 Å². The Bertz CT molecular complexity index is 1200. The number of nitrogens with zero attached hydrogens (tertiary/aromatic N) is 3. The molecular formula is C22H21F2N5O4. The van der Waals surface area contributed by atoms with Gasteiger partial charge >= 0.3 is 12.0 Å². The number of hydrogen-bond acceptors (Lipinski definition) is 7. The summed E-state index contributed by atoms with van der Waals surface area (Å²) in [5.74, 6) is -1.45. The molecule has 172 valence electrons. The Morgan fingerprint density at radius 1 is 1.12 bits per heavy atom. The number of carboxylic acid groups (broad SMARTS) is 1. The van der Waals surface area contributed by atoms with Crippen molar-refractivity contribution in [3.63, 3.8) is 0 Å². The minimum absolute atomic E-state index is 0.0799. The second-order valence-electron chi connectivity index (χ2n) is 8.12. The number of H-pyrrole nitrogens is 1. The van der Waals surface area contributed by atoms with E-state index in [9.17, 15) is 9.18 Å². The number of rotatable bonds is 6. The highest BCUT2D eigenvalue weighted by Crippen LogP contribution is 2.36. The predicted molar refractivity (Wildman–Crippen MR) is 112 cm³/mol. The SMILES string of the molecule is O=C(O)[C@H]1CC[C@H](OC2=C(F)c3[nH]c(-c4nnc(Nc5ccc(F)cc5)o4)nc3CC2)CC1. The van der Waals surface area contributed by atoms with Crippen molar-refractivity contribution in [2.75, 3.05) is 5.32 Å². The van der Waals surface area contributed by atoms with E-state index in [0.717, 1.165) is 0 Å². The fraction of sp³-hybridized carbons (Fsp3) is 0.364. The first-order chi connectivity index (χ1) is 16.0. The maximum Gasteiger partial charge on any atom is 0.320 e. The van der Waals surface area contributed by atoms with Crippen molar-refractivity contribution >= 4 is 23.5 Å². The van der Waals surface area contributed by atoms with E-state index >= 15 is 4.39 Å². The summed E-state index contributed by atoms with van der Waals surface area (Å²) in [7, 11) is 0. The number of aryl methyl sites for hydroxylation is 1. The molecule has 3 aromatic rings. The third-order valence-electron chi connectivity index (χ3n) is 5.89. The lowest BCUT2D eigenvalue weighted by Crippen LogP contribution is -2.26. The van der Waals surface area contributed by atoms with Crippen LogP contribution in [0.15, 0.2) is 34.4 Å². The maximum atomic E-state index is 15.1. The molecule has 33 heavy (non-hydrogen) atoms. The molecule has 2 aromatic heterocycles. The number of anilines is 2. The Morgan fingerprint density at radius 3 is 2.61 bits per heavy atom. The Morgan fingerprint density at radius 2 is 1.88 bits per heavy atom. The van der Waals surface area contributed by atoms with Gasteiger partial charge in [-0.3, -0.25) is 4.79 Å². The average molecular weight is 457 g/mol. The number of ether oxygens (including phenoxy) is 1. The quantitative estimate of drug-likeness (QED) is 0.491. The lowest BCUT2D eigenvalue weighted by atomic mass is 9.87.